The van der Waals surface area contributed by atoms with E-state index in [9.17, 15) is 4.79 Å². The molecule has 0 saturated heterocycles. The first kappa shape index (κ1) is 14.5. The number of hydrogen-bond acceptors (Lipinski definition) is 4. The van der Waals surface area contributed by atoms with Gasteiger partial charge in [-0.3, -0.25) is 9.89 Å². The Bertz CT molecular complexity index is 879. The third kappa shape index (κ3) is 2.44. The molecular weight excluding hydrogens is 306 g/mol. The average molecular weight is 323 g/mol. The van der Waals surface area contributed by atoms with E-state index < -0.39 is 0 Å². The zero-order chi connectivity index (χ0) is 16.5. The number of amides is 1. The van der Waals surface area contributed by atoms with Crippen LogP contribution >= 0.6 is 0 Å². The summed E-state index contributed by atoms with van der Waals surface area (Å²) in [7, 11) is 1.64. The molecule has 0 bridgehead atoms. The minimum absolute atomic E-state index is 0.125. The first-order valence-electron chi connectivity index (χ1n) is 7.81. The van der Waals surface area contributed by atoms with E-state index in [1.165, 1.54) is 0 Å². The van der Waals surface area contributed by atoms with Crippen molar-refractivity contribution in [1.82, 2.24) is 25.5 Å². The SMILES string of the molecule is COc1ccc(-c2[nH]ncc2-c2nc3c([nH]2)CCCNC3=O)cc1. The molecule has 0 aliphatic carbocycles. The van der Waals surface area contributed by atoms with Crippen molar-refractivity contribution in [3.63, 3.8) is 0 Å². The largest absolute Gasteiger partial charge is 0.497 e. The van der Waals surface area contributed by atoms with Crippen LogP contribution in [0.3, 0.4) is 0 Å². The third-order valence-corrected chi connectivity index (χ3v) is 4.16. The summed E-state index contributed by atoms with van der Waals surface area (Å²) in [5.41, 5.74) is 4.01. The lowest BCUT2D eigenvalue weighted by Gasteiger charge is -2.03. The number of nitrogens with one attached hydrogen (secondary N) is 3. The van der Waals surface area contributed by atoms with Crippen LogP contribution in [0.5, 0.6) is 5.75 Å². The maximum atomic E-state index is 12.1. The van der Waals surface area contributed by atoms with Gasteiger partial charge in [0.25, 0.3) is 5.91 Å². The van der Waals surface area contributed by atoms with Gasteiger partial charge in [0.1, 0.15) is 17.3 Å². The normalized spacial score (nSPS) is 14.0. The molecule has 0 fully saturated rings. The Morgan fingerprint density at radius 2 is 2.04 bits per heavy atom. The van der Waals surface area contributed by atoms with Gasteiger partial charge < -0.3 is 15.0 Å². The standard InChI is InChI=1S/C17H17N5O2/c1-24-11-6-4-10(5-7-11)14-12(9-19-22-14)16-20-13-3-2-8-18-17(23)15(13)21-16/h4-7,9H,2-3,8H2,1H3,(H,18,23)(H,19,22)(H,20,21). The molecule has 1 aromatic carbocycles. The molecule has 0 atom stereocenters. The molecule has 0 unspecified atom stereocenters. The Balaban J connectivity index is 1.75. The van der Waals surface area contributed by atoms with Crippen LogP contribution in [0, 0.1) is 0 Å². The highest BCUT2D eigenvalue weighted by Crippen LogP contribution is 2.30. The number of carbonyl (C=O) groups is 1. The second kappa shape index (κ2) is 5.84. The van der Waals surface area contributed by atoms with Gasteiger partial charge in [-0.15, -0.1) is 0 Å². The highest BCUT2D eigenvalue weighted by molar-refractivity contribution is 5.94. The summed E-state index contributed by atoms with van der Waals surface area (Å²) < 4.78 is 5.19. The smallest absolute Gasteiger partial charge is 0.271 e. The van der Waals surface area contributed by atoms with Crippen molar-refractivity contribution in [2.75, 3.05) is 13.7 Å². The number of methoxy groups -OCH3 is 1. The molecule has 1 amide bonds. The number of aromatic nitrogens is 4. The van der Waals surface area contributed by atoms with Gasteiger partial charge in [0.05, 0.1) is 24.6 Å². The molecule has 1 aliphatic rings. The van der Waals surface area contributed by atoms with E-state index in [1.54, 1.807) is 13.3 Å². The predicted octanol–water partition coefficient (Wildman–Crippen LogP) is 2.15. The van der Waals surface area contributed by atoms with Gasteiger partial charge in [0.15, 0.2) is 0 Å². The topological polar surface area (TPSA) is 95.7 Å². The Morgan fingerprint density at radius 3 is 2.83 bits per heavy atom. The summed E-state index contributed by atoms with van der Waals surface area (Å²) in [5.74, 6) is 1.32. The van der Waals surface area contributed by atoms with E-state index in [-0.39, 0.29) is 5.91 Å². The molecule has 122 valence electrons. The number of imidazole rings is 1. The minimum Gasteiger partial charge on any atom is -0.497 e. The fourth-order valence-corrected chi connectivity index (χ4v) is 2.90. The maximum Gasteiger partial charge on any atom is 0.271 e. The average Bonchev–Trinajstić information content (AvgIpc) is 3.22. The lowest BCUT2D eigenvalue weighted by molar-refractivity contribution is 0.0951. The summed E-state index contributed by atoms with van der Waals surface area (Å²) >= 11 is 0. The molecule has 24 heavy (non-hydrogen) atoms. The monoisotopic (exact) mass is 323 g/mol. The highest BCUT2D eigenvalue weighted by Gasteiger charge is 2.22. The second-order valence-corrected chi connectivity index (χ2v) is 5.66. The molecule has 7 nitrogen and oxygen atoms in total. The molecule has 0 radical (unpaired) electrons. The number of aryl methyl sites for hydroxylation is 1. The van der Waals surface area contributed by atoms with Gasteiger partial charge >= 0.3 is 0 Å². The van der Waals surface area contributed by atoms with Gasteiger partial charge in [-0.25, -0.2) is 4.98 Å². The number of hydrogen-bond donors (Lipinski definition) is 3. The van der Waals surface area contributed by atoms with E-state index in [0.29, 0.717) is 18.1 Å². The van der Waals surface area contributed by atoms with Gasteiger partial charge in [0.2, 0.25) is 0 Å². The summed E-state index contributed by atoms with van der Waals surface area (Å²) in [6.07, 6.45) is 3.42. The van der Waals surface area contributed by atoms with Crippen LogP contribution in [0.4, 0.5) is 0 Å². The molecule has 2 aromatic heterocycles. The van der Waals surface area contributed by atoms with Crippen molar-refractivity contribution in [3.8, 4) is 28.4 Å². The number of rotatable bonds is 3. The zero-order valence-electron chi connectivity index (χ0n) is 13.2. The molecule has 0 saturated carbocycles. The van der Waals surface area contributed by atoms with E-state index in [2.05, 4.69) is 25.5 Å². The van der Waals surface area contributed by atoms with Crippen LogP contribution < -0.4 is 10.1 Å². The number of nitrogens with zero attached hydrogens (tertiary/aromatic N) is 2. The fraction of sp³-hybridized carbons (Fsp3) is 0.235. The van der Waals surface area contributed by atoms with Crippen molar-refractivity contribution < 1.29 is 9.53 Å². The second-order valence-electron chi connectivity index (χ2n) is 5.66. The Hall–Kier alpha value is -3.09. The number of fused-ring (bicyclic) bond motifs is 1. The van der Waals surface area contributed by atoms with Crippen LogP contribution in [-0.4, -0.2) is 39.7 Å². The van der Waals surface area contributed by atoms with Crippen LogP contribution in [0.25, 0.3) is 22.6 Å². The number of benzene rings is 1. The predicted molar refractivity (Wildman–Crippen MR) is 88.8 cm³/mol. The van der Waals surface area contributed by atoms with Crippen LogP contribution in [0.2, 0.25) is 0 Å². The van der Waals surface area contributed by atoms with Gasteiger partial charge in [-0.1, -0.05) is 0 Å². The Kier molecular flexibility index (Phi) is 3.53. The molecule has 1 aliphatic heterocycles. The first-order chi connectivity index (χ1) is 11.8. The lowest BCUT2D eigenvalue weighted by atomic mass is 10.1. The maximum absolute atomic E-state index is 12.1. The summed E-state index contributed by atoms with van der Waals surface area (Å²) in [4.78, 5) is 19.9. The van der Waals surface area contributed by atoms with Crippen LogP contribution in [0.15, 0.2) is 30.5 Å². The Morgan fingerprint density at radius 1 is 1.21 bits per heavy atom. The summed E-state index contributed by atoms with van der Waals surface area (Å²) in [6, 6.07) is 7.70. The highest BCUT2D eigenvalue weighted by atomic mass is 16.5. The summed E-state index contributed by atoms with van der Waals surface area (Å²) in [6.45, 7) is 0.682. The minimum atomic E-state index is -0.125. The lowest BCUT2D eigenvalue weighted by Crippen LogP contribution is -2.23. The molecule has 3 N–H and O–H groups in total. The quantitative estimate of drug-likeness (QED) is 0.688. The molecule has 4 rings (SSSR count). The summed E-state index contributed by atoms with van der Waals surface area (Å²) in [5, 5.41) is 10.0. The molecule has 3 aromatic rings. The van der Waals surface area contributed by atoms with Crippen molar-refractivity contribution in [3.05, 3.63) is 41.9 Å². The van der Waals surface area contributed by atoms with Gasteiger partial charge in [-0.05, 0) is 37.1 Å². The number of carbonyl (C=O) groups excluding carboxylic acids is 1. The van der Waals surface area contributed by atoms with E-state index >= 15 is 0 Å². The van der Waals surface area contributed by atoms with E-state index in [1.807, 2.05) is 24.3 Å². The van der Waals surface area contributed by atoms with Gasteiger partial charge in [-0.2, -0.15) is 5.10 Å². The molecule has 3 heterocycles. The fourth-order valence-electron chi connectivity index (χ4n) is 2.90. The van der Waals surface area contributed by atoms with Crippen molar-refractivity contribution in [2.45, 2.75) is 12.8 Å². The van der Waals surface area contributed by atoms with Crippen molar-refractivity contribution >= 4 is 5.91 Å². The molecule has 7 heteroatoms. The van der Waals surface area contributed by atoms with Crippen LogP contribution in [-0.2, 0) is 6.42 Å². The molecular formula is C17H17N5O2. The number of ether oxygens (including phenoxy) is 1. The van der Waals surface area contributed by atoms with E-state index in [0.717, 1.165) is 41.1 Å². The third-order valence-electron chi connectivity index (χ3n) is 4.16. The van der Waals surface area contributed by atoms with E-state index in [4.69, 9.17) is 4.74 Å². The van der Waals surface area contributed by atoms with Crippen molar-refractivity contribution in [2.24, 2.45) is 0 Å². The van der Waals surface area contributed by atoms with Crippen molar-refractivity contribution in [1.29, 1.82) is 0 Å². The number of H-pyrrole nitrogens is 2. The molecule has 0 spiro atoms. The zero-order valence-corrected chi connectivity index (χ0v) is 13.2. The number of aromatic amines is 2. The van der Waals surface area contributed by atoms with Crippen LogP contribution in [0.1, 0.15) is 22.6 Å². The first-order valence-corrected chi connectivity index (χ1v) is 7.81. The van der Waals surface area contributed by atoms with Gasteiger partial charge in [0, 0.05) is 17.8 Å². The Labute approximate surface area is 138 Å².